The van der Waals surface area contributed by atoms with E-state index in [-0.39, 0.29) is 0 Å². The van der Waals surface area contributed by atoms with Gasteiger partial charge in [-0.2, -0.15) is 0 Å². The molecule has 1 aliphatic rings. The Morgan fingerprint density at radius 2 is 1.91 bits per heavy atom. The lowest BCUT2D eigenvalue weighted by atomic mass is 9.82. The minimum Gasteiger partial charge on any atom is -0.329 e. The van der Waals surface area contributed by atoms with Gasteiger partial charge >= 0.3 is 0 Å². The molecule has 1 aliphatic carbocycles. The van der Waals surface area contributed by atoms with Crippen molar-refractivity contribution in [2.24, 2.45) is 5.73 Å². The van der Waals surface area contributed by atoms with E-state index < -0.39 is 0 Å². The minimum absolute atomic E-state index is 0.299. The maximum atomic E-state index is 5.76. The third-order valence-electron chi connectivity index (χ3n) is 2.75. The summed E-state index contributed by atoms with van der Waals surface area (Å²) in [6.45, 7) is 4.02. The molecule has 0 aromatic heterocycles. The minimum atomic E-state index is 0.299. The van der Waals surface area contributed by atoms with Gasteiger partial charge in [0.2, 0.25) is 0 Å². The van der Waals surface area contributed by atoms with Crippen LogP contribution in [0.15, 0.2) is 0 Å². The zero-order valence-electron chi connectivity index (χ0n) is 7.53. The summed E-state index contributed by atoms with van der Waals surface area (Å²) in [5.41, 5.74) is 6.06. The Morgan fingerprint density at radius 1 is 1.27 bits per heavy atom. The number of nitrogens with one attached hydrogen (secondary N) is 1. The van der Waals surface area contributed by atoms with Crippen LogP contribution in [-0.2, 0) is 0 Å². The standard InChI is InChI=1S/C9H20N2/c1-2-11-9(8-10)6-4-3-5-7-9/h11H,2-8,10H2,1H3. The van der Waals surface area contributed by atoms with Crippen molar-refractivity contribution in [3.63, 3.8) is 0 Å². The van der Waals surface area contributed by atoms with E-state index in [1.807, 2.05) is 0 Å². The number of hydrogen-bond donors (Lipinski definition) is 2. The van der Waals surface area contributed by atoms with Crippen molar-refractivity contribution < 1.29 is 0 Å². The zero-order chi connectivity index (χ0) is 8.16. The molecule has 0 heterocycles. The summed E-state index contributed by atoms with van der Waals surface area (Å²) in [5, 5.41) is 3.52. The van der Waals surface area contributed by atoms with Crippen molar-refractivity contribution in [1.82, 2.24) is 5.32 Å². The third kappa shape index (κ3) is 2.17. The average Bonchev–Trinajstić information content (AvgIpc) is 2.07. The van der Waals surface area contributed by atoms with Crippen LogP contribution >= 0.6 is 0 Å². The molecule has 1 fully saturated rings. The largest absolute Gasteiger partial charge is 0.329 e. The molecule has 0 bridgehead atoms. The van der Waals surface area contributed by atoms with E-state index in [1.165, 1.54) is 32.1 Å². The molecular weight excluding hydrogens is 136 g/mol. The number of rotatable bonds is 3. The van der Waals surface area contributed by atoms with Crippen LogP contribution in [0.5, 0.6) is 0 Å². The van der Waals surface area contributed by atoms with Gasteiger partial charge in [-0.1, -0.05) is 26.2 Å². The topological polar surface area (TPSA) is 38.0 Å². The van der Waals surface area contributed by atoms with Gasteiger partial charge in [0.1, 0.15) is 0 Å². The highest BCUT2D eigenvalue weighted by molar-refractivity contribution is 4.91. The lowest BCUT2D eigenvalue weighted by Gasteiger charge is -2.37. The van der Waals surface area contributed by atoms with Gasteiger partial charge in [0.15, 0.2) is 0 Å². The fraction of sp³-hybridized carbons (Fsp3) is 1.00. The van der Waals surface area contributed by atoms with Crippen molar-refractivity contribution in [3.05, 3.63) is 0 Å². The quantitative estimate of drug-likeness (QED) is 0.645. The predicted molar refractivity (Wildman–Crippen MR) is 48.5 cm³/mol. The maximum absolute atomic E-state index is 5.76. The number of likely N-dealkylation sites (N-methyl/N-ethyl adjacent to an activating group) is 1. The summed E-state index contributed by atoms with van der Waals surface area (Å²) < 4.78 is 0. The first-order valence-electron chi connectivity index (χ1n) is 4.78. The van der Waals surface area contributed by atoms with Crippen LogP contribution in [0.1, 0.15) is 39.0 Å². The van der Waals surface area contributed by atoms with Crippen LogP contribution in [0.2, 0.25) is 0 Å². The van der Waals surface area contributed by atoms with Gasteiger partial charge in [-0.05, 0) is 19.4 Å². The Hall–Kier alpha value is -0.0800. The lowest BCUT2D eigenvalue weighted by molar-refractivity contribution is 0.243. The Labute approximate surface area is 69.5 Å². The molecule has 0 aromatic rings. The molecule has 0 spiro atoms. The smallest absolute Gasteiger partial charge is 0.0303 e. The second-order valence-corrected chi connectivity index (χ2v) is 3.58. The Kier molecular flexibility index (Phi) is 3.34. The maximum Gasteiger partial charge on any atom is 0.0303 e. The van der Waals surface area contributed by atoms with Crippen molar-refractivity contribution >= 4 is 0 Å². The molecule has 11 heavy (non-hydrogen) atoms. The first-order valence-corrected chi connectivity index (χ1v) is 4.78. The summed E-state index contributed by atoms with van der Waals surface area (Å²) in [6.07, 6.45) is 6.65. The Balaban J connectivity index is 2.42. The number of nitrogens with two attached hydrogens (primary N) is 1. The molecule has 1 rings (SSSR count). The van der Waals surface area contributed by atoms with Crippen LogP contribution in [0.4, 0.5) is 0 Å². The molecule has 2 nitrogen and oxygen atoms in total. The highest BCUT2D eigenvalue weighted by atomic mass is 15.0. The van der Waals surface area contributed by atoms with Crippen molar-refractivity contribution in [2.45, 2.75) is 44.6 Å². The van der Waals surface area contributed by atoms with Gasteiger partial charge < -0.3 is 11.1 Å². The van der Waals surface area contributed by atoms with Gasteiger partial charge in [-0.15, -0.1) is 0 Å². The van der Waals surface area contributed by atoms with E-state index in [1.54, 1.807) is 0 Å². The molecule has 0 aromatic carbocycles. The van der Waals surface area contributed by atoms with Crippen molar-refractivity contribution in [3.8, 4) is 0 Å². The van der Waals surface area contributed by atoms with Crippen molar-refractivity contribution in [1.29, 1.82) is 0 Å². The molecular formula is C9H20N2. The predicted octanol–water partition coefficient (Wildman–Crippen LogP) is 1.26. The molecule has 0 atom stereocenters. The lowest BCUT2D eigenvalue weighted by Crippen LogP contribution is -2.52. The Bertz CT molecular complexity index is 101. The molecule has 0 amide bonds. The van der Waals surface area contributed by atoms with E-state index in [0.717, 1.165) is 13.1 Å². The highest BCUT2D eigenvalue weighted by Gasteiger charge is 2.28. The van der Waals surface area contributed by atoms with E-state index in [0.29, 0.717) is 5.54 Å². The fourth-order valence-corrected chi connectivity index (χ4v) is 2.06. The second-order valence-electron chi connectivity index (χ2n) is 3.58. The second kappa shape index (κ2) is 4.07. The first-order chi connectivity index (χ1) is 5.33. The van der Waals surface area contributed by atoms with Gasteiger partial charge in [0, 0.05) is 12.1 Å². The molecule has 0 radical (unpaired) electrons. The fourth-order valence-electron chi connectivity index (χ4n) is 2.06. The zero-order valence-corrected chi connectivity index (χ0v) is 7.53. The summed E-state index contributed by atoms with van der Waals surface area (Å²) in [4.78, 5) is 0. The molecule has 0 unspecified atom stereocenters. The summed E-state index contributed by atoms with van der Waals surface area (Å²) >= 11 is 0. The number of hydrogen-bond acceptors (Lipinski definition) is 2. The van der Waals surface area contributed by atoms with Gasteiger partial charge in [0.25, 0.3) is 0 Å². The van der Waals surface area contributed by atoms with E-state index in [4.69, 9.17) is 5.73 Å². The van der Waals surface area contributed by atoms with Crippen molar-refractivity contribution in [2.75, 3.05) is 13.1 Å². The Morgan fingerprint density at radius 3 is 2.36 bits per heavy atom. The monoisotopic (exact) mass is 156 g/mol. The molecule has 1 saturated carbocycles. The van der Waals surface area contributed by atoms with E-state index in [2.05, 4.69) is 12.2 Å². The van der Waals surface area contributed by atoms with E-state index in [9.17, 15) is 0 Å². The van der Waals surface area contributed by atoms with Gasteiger partial charge in [-0.3, -0.25) is 0 Å². The van der Waals surface area contributed by atoms with Crippen LogP contribution in [0.3, 0.4) is 0 Å². The molecule has 3 N–H and O–H groups in total. The third-order valence-corrected chi connectivity index (χ3v) is 2.75. The highest BCUT2D eigenvalue weighted by Crippen LogP contribution is 2.26. The SMILES string of the molecule is CCNC1(CN)CCCCC1. The summed E-state index contributed by atoms with van der Waals surface area (Å²) in [6, 6.07) is 0. The van der Waals surface area contributed by atoms with Gasteiger partial charge in [-0.25, -0.2) is 0 Å². The first kappa shape index (κ1) is 9.01. The van der Waals surface area contributed by atoms with E-state index >= 15 is 0 Å². The molecule has 2 heteroatoms. The average molecular weight is 156 g/mol. The van der Waals surface area contributed by atoms with Crippen LogP contribution in [-0.4, -0.2) is 18.6 Å². The van der Waals surface area contributed by atoms with Crippen LogP contribution < -0.4 is 11.1 Å². The summed E-state index contributed by atoms with van der Waals surface area (Å²) in [5.74, 6) is 0. The van der Waals surface area contributed by atoms with Gasteiger partial charge in [0.05, 0.1) is 0 Å². The molecule has 0 aliphatic heterocycles. The van der Waals surface area contributed by atoms with Crippen LogP contribution in [0.25, 0.3) is 0 Å². The molecule has 0 saturated heterocycles. The van der Waals surface area contributed by atoms with Crippen LogP contribution in [0, 0.1) is 0 Å². The normalized spacial score (nSPS) is 23.5. The molecule has 66 valence electrons. The summed E-state index contributed by atoms with van der Waals surface area (Å²) in [7, 11) is 0.